The number of H-pyrrole nitrogens is 1. The number of fused-ring (bicyclic) bond motifs is 2. The quantitative estimate of drug-likeness (QED) is 0.0928. The molecule has 0 spiro atoms. The molecule has 2 aromatic heterocycles. The molecule has 19 heteroatoms. The van der Waals surface area contributed by atoms with Crippen molar-refractivity contribution in [3.8, 4) is 22.6 Å². The van der Waals surface area contributed by atoms with Crippen LogP contribution < -0.4 is 19.5 Å². The van der Waals surface area contributed by atoms with Crippen LogP contribution in [0.5, 0.6) is 11.5 Å². The fraction of sp³-hybridized carbons (Fsp3) is 0.231. The van der Waals surface area contributed by atoms with E-state index in [0.29, 0.717) is 22.6 Å². The molecule has 5 heterocycles. The van der Waals surface area contributed by atoms with E-state index >= 15 is 8.78 Å². The van der Waals surface area contributed by atoms with Gasteiger partial charge in [-0.25, -0.2) is 18.2 Å². The third kappa shape index (κ3) is 7.13. The molecule has 3 aromatic carbocycles. The standard InChI is InChI=1S/C39H31F3N6O9S/c40-22-11-12-47(19-22)58(54,55)46-30-8-7-29(41)33(34(30)42)35(50)28-18-44-36-26(28)15-21(17-43-36)20-1-3-23(4-2-20)56-13-14-57-24-5-6-25-27(16-24)39(53)48(38(25)52)31-9-10-32(49)45-37(31)51/h1-8,15-18,22,31,46H,9-14,19H2,(H,43,44)(H,45,49,51). The Balaban J connectivity index is 0.907. The number of rotatable bonds is 12. The van der Waals surface area contributed by atoms with Crippen LogP contribution in [0.15, 0.2) is 73.1 Å². The molecule has 0 radical (unpaired) electrons. The van der Waals surface area contributed by atoms with E-state index in [-0.39, 0.29) is 66.7 Å². The number of aromatic amines is 1. The maximum atomic E-state index is 15.6. The lowest BCUT2D eigenvalue weighted by atomic mass is 10.00. The predicted octanol–water partition coefficient (Wildman–Crippen LogP) is 4.30. The number of amides is 4. The van der Waals surface area contributed by atoms with E-state index in [2.05, 4.69) is 15.3 Å². The normalized spacial score (nSPS) is 18.4. The largest absolute Gasteiger partial charge is 0.490 e. The molecule has 15 nitrogen and oxygen atoms in total. The summed E-state index contributed by atoms with van der Waals surface area (Å²) in [5.74, 6) is -5.38. The number of pyridine rings is 1. The van der Waals surface area contributed by atoms with E-state index in [9.17, 15) is 36.8 Å². The van der Waals surface area contributed by atoms with Crippen LogP contribution in [0.3, 0.4) is 0 Å². The van der Waals surface area contributed by atoms with Gasteiger partial charge < -0.3 is 14.5 Å². The summed E-state index contributed by atoms with van der Waals surface area (Å²) in [7, 11) is -4.38. The van der Waals surface area contributed by atoms with E-state index < -0.39 is 81.3 Å². The number of anilines is 1. The van der Waals surface area contributed by atoms with Crippen LogP contribution >= 0.6 is 0 Å². The Hall–Kier alpha value is -6.60. The van der Waals surface area contributed by atoms with Crippen LogP contribution in [-0.4, -0.2) is 95.5 Å². The molecule has 0 aliphatic carbocycles. The number of nitrogens with zero attached hydrogens (tertiary/aromatic N) is 3. The minimum atomic E-state index is -4.38. The number of ether oxygens (including phenoxy) is 2. The Morgan fingerprint density at radius 1 is 0.897 bits per heavy atom. The summed E-state index contributed by atoms with van der Waals surface area (Å²) in [6.45, 7) is -0.367. The number of hydrogen-bond acceptors (Lipinski definition) is 10. The number of aromatic nitrogens is 2. The molecule has 58 heavy (non-hydrogen) atoms. The van der Waals surface area contributed by atoms with Gasteiger partial charge in [-0.15, -0.1) is 0 Å². The molecule has 2 fully saturated rings. The Bertz CT molecular complexity index is 2650. The zero-order valence-corrected chi connectivity index (χ0v) is 30.9. The Morgan fingerprint density at radius 2 is 1.62 bits per heavy atom. The molecule has 2 unspecified atom stereocenters. The average Bonchev–Trinajstić information content (AvgIpc) is 3.91. The lowest BCUT2D eigenvalue weighted by Gasteiger charge is -2.27. The molecular weight excluding hydrogens is 786 g/mol. The molecule has 8 rings (SSSR count). The number of ketones is 1. The first-order valence-electron chi connectivity index (χ1n) is 17.9. The third-order valence-electron chi connectivity index (χ3n) is 9.99. The van der Waals surface area contributed by atoms with Gasteiger partial charge in [-0.3, -0.25) is 38.9 Å². The van der Waals surface area contributed by atoms with Gasteiger partial charge in [0.25, 0.3) is 11.8 Å². The number of imide groups is 2. The zero-order chi connectivity index (χ0) is 40.9. The fourth-order valence-corrected chi connectivity index (χ4v) is 8.30. The Morgan fingerprint density at radius 3 is 2.34 bits per heavy atom. The van der Waals surface area contributed by atoms with Gasteiger partial charge in [-0.1, -0.05) is 12.1 Å². The molecule has 2 saturated heterocycles. The van der Waals surface area contributed by atoms with Crippen LogP contribution in [-0.2, 0) is 19.8 Å². The monoisotopic (exact) mass is 816 g/mol. The maximum absolute atomic E-state index is 15.6. The highest BCUT2D eigenvalue weighted by atomic mass is 32.2. The van der Waals surface area contributed by atoms with Crippen molar-refractivity contribution >= 4 is 56.3 Å². The highest BCUT2D eigenvalue weighted by Gasteiger charge is 2.44. The summed E-state index contributed by atoms with van der Waals surface area (Å²) in [6.07, 6.45) is 1.45. The first-order chi connectivity index (χ1) is 27.8. The van der Waals surface area contributed by atoms with E-state index in [1.54, 1.807) is 30.3 Å². The van der Waals surface area contributed by atoms with Crippen LogP contribution in [0.1, 0.15) is 55.9 Å². The molecule has 4 amide bonds. The van der Waals surface area contributed by atoms with E-state index in [1.807, 2.05) is 4.72 Å². The molecule has 0 saturated carbocycles. The SMILES string of the molecule is O=C1CCC(N2C(=O)c3ccc(OCCOc4ccc(-c5cnc6[nH]cc(C(=O)c7c(F)ccc(NS(=O)(=O)N8CCC(F)C8)c7F)c6c5)cc4)cc3C2=O)C(=O)N1. The second kappa shape index (κ2) is 15.1. The van der Waals surface area contributed by atoms with Crippen LogP contribution in [0, 0.1) is 11.6 Å². The smallest absolute Gasteiger partial charge is 0.301 e. The summed E-state index contributed by atoms with van der Waals surface area (Å²) >= 11 is 0. The van der Waals surface area contributed by atoms with Gasteiger partial charge in [0.15, 0.2) is 5.82 Å². The number of carbonyl (C=O) groups is 5. The second-order valence-corrected chi connectivity index (χ2v) is 15.3. The van der Waals surface area contributed by atoms with E-state index in [4.69, 9.17) is 9.47 Å². The minimum Gasteiger partial charge on any atom is -0.490 e. The van der Waals surface area contributed by atoms with Gasteiger partial charge in [-0.2, -0.15) is 12.7 Å². The molecule has 3 aliphatic heterocycles. The number of nitrogens with one attached hydrogen (secondary N) is 3. The minimum absolute atomic E-state index is 0.0109. The summed E-state index contributed by atoms with van der Waals surface area (Å²) in [6, 6.07) is 13.3. The molecular formula is C39H31F3N6O9S. The lowest BCUT2D eigenvalue weighted by Crippen LogP contribution is -2.54. The van der Waals surface area contributed by atoms with Gasteiger partial charge in [0.1, 0.15) is 48.4 Å². The fourth-order valence-electron chi connectivity index (χ4n) is 7.04. The summed E-state index contributed by atoms with van der Waals surface area (Å²) in [4.78, 5) is 71.5. The number of piperidine rings is 1. The number of benzene rings is 3. The maximum Gasteiger partial charge on any atom is 0.301 e. The first-order valence-corrected chi connectivity index (χ1v) is 19.4. The molecule has 2 atom stereocenters. The average molecular weight is 817 g/mol. The van der Waals surface area contributed by atoms with Crippen LogP contribution in [0.25, 0.3) is 22.2 Å². The van der Waals surface area contributed by atoms with Crippen molar-refractivity contribution in [3.05, 3.63) is 107 Å². The van der Waals surface area contributed by atoms with Crippen LogP contribution in [0.2, 0.25) is 0 Å². The molecule has 3 aliphatic rings. The van der Waals surface area contributed by atoms with Gasteiger partial charge in [0.05, 0.1) is 22.4 Å². The van der Waals surface area contributed by atoms with Crippen molar-refractivity contribution in [1.82, 2.24) is 24.5 Å². The van der Waals surface area contributed by atoms with Crippen molar-refractivity contribution in [2.75, 3.05) is 31.0 Å². The number of hydrogen-bond donors (Lipinski definition) is 3. The molecule has 0 bridgehead atoms. The van der Waals surface area contributed by atoms with Gasteiger partial charge in [0, 0.05) is 48.4 Å². The highest BCUT2D eigenvalue weighted by Crippen LogP contribution is 2.32. The van der Waals surface area contributed by atoms with Gasteiger partial charge in [-0.05, 0) is 66.9 Å². The Labute approximate surface area is 327 Å². The Kier molecular flexibility index (Phi) is 9.93. The third-order valence-corrected chi connectivity index (χ3v) is 11.5. The second-order valence-electron chi connectivity index (χ2n) is 13.7. The van der Waals surface area contributed by atoms with Crippen LogP contribution in [0.4, 0.5) is 18.9 Å². The first kappa shape index (κ1) is 38.3. The van der Waals surface area contributed by atoms with E-state index in [0.717, 1.165) is 21.3 Å². The van der Waals surface area contributed by atoms with E-state index in [1.165, 1.54) is 30.6 Å². The van der Waals surface area contributed by atoms with Crippen molar-refractivity contribution in [2.24, 2.45) is 0 Å². The van der Waals surface area contributed by atoms with Crippen molar-refractivity contribution in [3.63, 3.8) is 0 Å². The predicted molar refractivity (Wildman–Crippen MR) is 199 cm³/mol. The number of alkyl halides is 1. The molecule has 298 valence electrons. The lowest BCUT2D eigenvalue weighted by molar-refractivity contribution is -0.136. The summed E-state index contributed by atoms with van der Waals surface area (Å²) in [5, 5.41) is 2.40. The van der Waals surface area contributed by atoms with Crippen molar-refractivity contribution < 1.29 is 55.0 Å². The number of carbonyl (C=O) groups excluding carboxylic acids is 5. The van der Waals surface area contributed by atoms with Crippen molar-refractivity contribution in [2.45, 2.75) is 31.5 Å². The highest BCUT2D eigenvalue weighted by molar-refractivity contribution is 7.90. The van der Waals surface area contributed by atoms with Gasteiger partial charge >= 0.3 is 10.2 Å². The summed E-state index contributed by atoms with van der Waals surface area (Å²) < 4.78 is 84.1. The van der Waals surface area contributed by atoms with Gasteiger partial charge in [0.2, 0.25) is 17.6 Å². The number of halogens is 3. The molecule has 3 N–H and O–H groups in total. The topological polar surface area (TPSA) is 197 Å². The zero-order valence-electron chi connectivity index (χ0n) is 30.1. The van der Waals surface area contributed by atoms with Crippen molar-refractivity contribution in [1.29, 1.82) is 0 Å². The summed E-state index contributed by atoms with van der Waals surface area (Å²) in [5.41, 5.74) is -0.101. The molecule has 5 aromatic rings.